The number of nitrogens with zero attached hydrogens (tertiary/aromatic N) is 2. The summed E-state index contributed by atoms with van der Waals surface area (Å²) >= 11 is 6.32. The Hall–Kier alpha value is -2.94. The molecule has 4 rings (SSSR count). The molecule has 0 spiro atoms. The van der Waals surface area contributed by atoms with E-state index in [1.54, 1.807) is 48.7 Å². The highest BCUT2D eigenvalue weighted by atomic mass is 35.5. The molecule has 1 amide bonds. The maximum Gasteiger partial charge on any atom is 0.255 e. The van der Waals surface area contributed by atoms with E-state index in [1.165, 1.54) is 4.31 Å². The van der Waals surface area contributed by atoms with Gasteiger partial charge in [-0.3, -0.25) is 9.78 Å². The molecule has 160 valence electrons. The number of amides is 1. The predicted octanol–water partition coefficient (Wildman–Crippen LogP) is 4.09. The van der Waals surface area contributed by atoms with E-state index in [0.29, 0.717) is 33.2 Å². The van der Waals surface area contributed by atoms with Crippen molar-refractivity contribution in [3.63, 3.8) is 0 Å². The lowest BCUT2D eigenvalue weighted by molar-refractivity contribution is 0.102. The minimum Gasteiger partial charge on any atom is -0.359 e. The molecule has 0 radical (unpaired) electrons. The third-order valence-electron chi connectivity index (χ3n) is 4.86. The summed E-state index contributed by atoms with van der Waals surface area (Å²) in [5.74, 6) is -0.390. The Morgan fingerprint density at radius 1 is 1.13 bits per heavy atom. The fourth-order valence-corrected chi connectivity index (χ4v) is 4.59. The third kappa shape index (κ3) is 4.71. The molecule has 1 aliphatic heterocycles. The Balaban J connectivity index is 1.52. The Labute approximate surface area is 185 Å². The second-order valence-corrected chi connectivity index (χ2v) is 9.54. The lowest BCUT2D eigenvalue weighted by Crippen LogP contribution is -2.41. The molecule has 7 nitrogen and oxygen atoms in total. The van der Waals surface area contributed by atoms with E-state index in [0.717, 1.165) is 5.56 Å². The Morgan fingerprint density at radius 2 is 1.90 bits per heavy atom. The van der Waals surface area contributed by atoms with Gasteiger partial charge in [-0.25, -0.2) is 12.7 Å². The van der Waals surface area contributed by atoms with Crippen molar-refractivity contribution in [2.24, 2.45) is 0 Å². The van der Waals surface area contributed by atoms with Gasteiger partial charge in [-0.2, -0.15) is 0 Å². The molecule has 0 unspecified atom stereocenters. The number of hydrogen-bond acceptors (Lipinski definition) is 5. The summed E-state index contributed by atoms with van der Waals surface area (Å²) in [6.45, 7) is 2.10. The van der Waals surface area contributed by atoms with Crippen molar-refractivity contribution < 1.29 is 17.9 Å². The first kappa shape index (κ1) is 21.3. The van der Waals surface area contributed by atoms with Gasteiger partial charge in [0.1, 0.15) is 6.73 Å². The van der Waals surface area contributed by atoms with E-state index < -0.39 is 10.0 Å². The maximum atomic E-state index is 12.7. The average Bonchev–Trinajstić information content (AvgIpc) is 2.75. The molecule has 3 aromatic rings. The van der Waals surface area contributed by atoms with Crippen LogP contribution < -0.4 is 9.62 Å². The van der Waals surface area contributed by atoms with Gasteiger partial charge in [-0.15, -0.1) is 0 Å². The topological polar surface area (TPSA) is 88.6 Å². The standard InChI is InChI=1S/C22H20ClN3O4S/c1-15-2-9-21(24-13-15)19-12-17(5-8-20(19)23)25-22(27)16-3-6-18(7-4-16)26-14-30-10-11-31(26,28)29/h2-9,12-13H,10-11,14H2,1H3,(H,25,27). The van der Waals surface area contributed by atoms with Crippen LogP contribution in [0.4, 0.5) is 11.4 Å². The summed E-state index contributed by atoms with van der Waals surface area (Å²) in [5.41, 5.74) is 3.88. The Morgan fingerprint density at radius 3 is 2.58 bits per heavy atom. The molecule has 0 saturated carbocycles. The quantitative estimate of drug-likeness (QED) is 0.637. The van der Waals surface area contributed by atoms with Crippen LogP contribution in [0.3, 0.4) is 0 Å². The van der Waals surface area contributed by atoms with E-state index in [-0.39, 0.29) is 25.0 Å². The molecule has 2 aromatic carbocycles. The number of aryl methyl sites for hydroxylation is 1. The number of halogens is 1. The van der Waals surface area contributed by atoms with Gasteiger partial charge >= 0.3 is 0 Å². The Kier molecular flexibility index (Phi) is 5.95. The fraction of sp³-hybridized carbons (Fsp3) is 0.182. The lowest BCUT2D eigenvalue weighted by atomic mass is 10.1. The molecule has 1 saturated heterocycles. The smallest absolute Gasteiger partial charge is 0.255 e. The zero-order chi connectivity index (χ0) is 22.0. The van der Waals surface area contributed by atoms with Crippen LogP contribution in [0.1, 0.15) is 15.9 Å². The first-order valence-electron chi connectivity index (χ1n) is 9.56. The highest BCUT2D eigenvalue weighted by molar-refractivity contribution is 7.92. The summed E-state index contributed by atoms with van der Waals surface area (Å²) in [6.07, 6.45) is 1.76. The maximum absolute atomic E-state index is 12.7. The van der Waals surface area contributed by atoms with E-state index in [9.17, 15) is 13.2 Å². The minimum atomic E-state index is -3.41. The normalized spacial score (nSPS) is 15.5. The van der Waals surface area contributed by atoms with Gasteiger partial charge in [0.2, 0.25) is 10.0 Å². The van der Waals surface area contributed by atoms with Crippen LogP contribution in [0, 0.1) is 6.92 Å². The molecule has 1 N–H and O–H groups in total. The number of ether oxygens (including phenoxy) is 1. The van der Waals surface area contributed by atoms with Crippen LogP contribution in [0.25, 0.3) is 11.3 Å². The number of hydrogen-bond donors (Lipinski definition) is 1. The molecule has 1 fully saturated rings. The van der Waals surface area contributed by atoms with Crippen LogP contribution in [0.15, 0.2) is 60.8 Å². The van der Waals surface area contributed by atoms with Crippen molar-refractivity contribution in [2.45, 2.75) is 6.92 Å². The summed E-state index contributed by atoms with van der Waals surface area (Å²) in [5, 5.41) is 3.37. The molecular formula is C22H20ClN3O4S. The number of carbonyl (C=O) groups is 1. The number of pyridine rings is 1. The van der Waals surface area contributed by atoms with Crippen LogP contribution in [-0.2, 0) is 14.8 Å². The molecule has 0 aliphatic carbocycles. The van der Waals surface area contributed by atoms with Crippen molar-refractivity contribution in [1.29, 1.82) is 0 Å². The first-order chi connectivity index (χ1) is 14.8. The molecule has 1 aliphatic rings. The van der Waals surface area contributed by atoms with E-state index in [1.807, 2.05) is 19.1 Å². The monoisotopic (exact) mass is 457 g/mol. The molecule has 1 aromatic heterocycles. The van der Waals surface area contributed by atoms with Crippen molar-refractivity contribution >= 4 is 38.9 Å². The number of aromatic nitrogens is 1. The molecular weight excluding hydrogens is 438 g/mol. The van der Waals surface area contributed by atoms with Crippen molar-refractivity contribution in [2.75, 3.05) is 28.7 Å². The van der Waals surface area contributed by atoms with E-state index in [4.69, 9.17) is 16.3 Å². The summed E-state index contributed by atoms with van der Waals surface area (Å²) in [6, 6.07) is 15.3. The van der Waals surface area contributed by atoms with Gasteiger partial charge in [0.25, 0.3) is 5.91 Å². The molecule has 2 heterocycles. The number of sulfonamides is 1. The fourth-order valence-electron chi connectivity index (χ4n) is 3.15. The number of carbonyl (C=O) groups excluding carboxylic acids is 1. The highest BCUT2D eigenvalue weighted by Gasteiger charge is 2.26. The number of benzene rings is 2. The second kappa shape index (κ2) is 8.66. The molecule has 0 bridgehead atoms. The van der Waals surface area contributed by atoms with Crippen molar-refractivity contribution in [3.05, 3.63) is 76.9 Å². The predicted molar refractivity (Wildman–Crippen MR) is 121 cm³/mol. The largest absolute Gasteiger partial charge is 0.359 e. The van der Waals surface area contributed by atoms with Gasteiger partial charge in [0.15, 0.2) is 0 Å². The van der Waals surface area contributed by atoms with Crippen molar-refractivity contribution in [3.8, 4) is 11.3 Å². The SMILES string of the molecule is Cc1ccc(-c2cc(NC(=O)c3ccc(N4COCCS4(=O)=O)cc3)ccc2Cl)nc1. The summed E-state index contributed by atoms with van der Waals surface area (Å²) in [7, 11) is -3.41. The van der Waals surface area contributed by atoms with Crippen molar-refractivity contribution in [1.82, 2.24) is 4.98 Å². The molecule has 9 heteroatoms. The number of anilines is 2. The first-order valence-corrected chi connectivity index (χ1v) is 11.5. The summed E-state index contributed by atoms with van der Waals surface area (Å²) < 4.78 is 30.8. The van der Waals surface area contributed by atoms with Crippen LogP contribution >= 0.6 is 11.6 Å². The minimum absolute atomic E-state index is 0.0333. The van der Waals surface area contributed by atoms with E-state index in [2.05, 4.69) is 10.3 Å². The zero-order valence-electron chi connectivity index (χ0n) is 16.7. The highest BCUT2D eigenvalue weighted by Crippen LogP contribution is 2.30. The third-order valence-corrected chi connectivity index (χ3v) is 6.86. The number of rotatable bonds is 4. The molecule has 0 atom stereocenters. The Bertz CT molecular complexity index is 1210. The zero-order valence-corrected chi connectivity index (χ0v) is 18.3. The second-order valence-electron chi connectivity index (χ2n) is 7.12. The lowest BCUT2D eigenvalue weighted by Gasteiger charge is -2.28. The van der Waals surface area contributed by atoms with Gasteiger partial charge in [-0.05, 0) is 61.0 Å². The molecule has 31 heavy (non-hydrogen) atoms. The van der Waals surface area contributed by atoms with Gasteiger partial charge in [0, 0.05) is 23.0 Å². The van der Waals surface area contributed by atoms with E-state index >= 15 is 0 Å². The van der Waals surface area contributed by atoms with Gasteiger partial charge in [0.05, 0.1) is 28.8 Å². The summed E-state index contributed by atoms with van der Waals surface area (Å²) in [4.78, 5) is 17.1. The van der Waals surface area contributed by atoms with Crippen LogP contribution in [0.2, 0.25) is 5.02 Å². The van der Waals surface area contributed by atoms with Crippen LogP contribution in [-0.4, -0.2) is 38.4 Å². The van der Waals surface area contributed by atoms with Crippen LogP contribution in [0.5, 0.6) is 0 Å². The van der Waals surface area contributed by atoms with Gasteiger partial charge in [-0.1, -0.05) is 17.7 Å². The average molecular weight is 458 g/mol. The number of nitrogens with one attached hydrogen (secondary N) is 1. The van der Waals surface area contributed by atoms with Gasteiger partial charge < -0.3 is 10.1 Å².